The van der Waals surface area contributed by atoms with Crippen LogP contribution >= 0.6 is 0 Å². The van der Waals surface area contributed by atoms with Gasteiger partial charge in [-0.15, -0.1) is 0 Å². The second-order valence-electron chi connectivity index (χ2n) is 3.21. The first kappa shape index (κ1) is 10.8. The van der Waals surface area contributed by atoms with E-state index in [4.69, 9.17) is 4.74 Å². The van der Waals surface area contributed by atoms with E-state index in [1.54, 1.807) is 19.4 Å². The van der Waals surface area contributed by atoms with Gasteiger partial charge in [-0.1, -0.05) is 6.92 Å². The van der Waals surface area contributed by atoms with Crippen molar-refractivity contribution in [1.29, 1.82) is 0 Å². The van der Waals surface area contributed by atoms with E-state index in [0.29, 0.717) is 17.8 Å². The number of rotatable bonds is 4. The number of ether oxygens (including phenoxy) is 1. The Hall–Kier alpha value is -1.29. The van der Waals surface area contributed by atoms with Gasteiger partial charge >= 0.3 is 0 Å². The molecule has 0 amide bonds. The average Bonchev–Trinajstić information content (AvgIpc) is 2.28. The van der Waals surface area contributed by atoms with Crippen molar-refractivity contribution < 1.29 is 9.53 Å². The van der Waals surface area contributed by atoms with Gasteiger partial charge in [0.15, 0.2) is 12.1 Å². The van der Waals surface area contributed by atoms with E-state index in [-0.39, 0.29) is 0 Å². The Morgan fingerprint density at radius 1 is 1.64 bits per heavy atom. The lowest BCUT2D eigenvalue weighted by Crippen LogP contribution is -2.26. The number of carbonyl (C=O) groups excluding carboxylic acids is 1. The highest BCUT2D eigenvalue weighted by Crippen LogP contribution is 2.24. The van der Waals surface area contributed by atoms with Crippen LogP contribution < -0.4 is 0 Å². The highest BCUT2D eigenvalue weighted by atomic mass is 16.5. The van der Waals surface area contributed by atoms with E-state index in [1.165, 1.54) is 0 Å². The van der Waals surface area contributed by atoms with Crippen molar-refractivity contribution >= 4 is 6.29 Å². The quantitative estimate of drug-likeness (QED) is 0.682. The molecule has 1 heterocycles. The zero-order chi connectivity index (χ0) is 10.6. The van der Waals surface area contributed by atoms with Crippen molar-refractivity contribution in [1.82, 2.24) is 9.97 Å². The summed E-state index contributed by atoms with van der Waals surface area (Å²) >= 11 is 0. The van der Waals surface area contributed by atoms with Gasteiger partial charge in [-0.3, -0.25) is 4.79 Å². The van der Waals surface area contributed by atoms with Gasteiger partial charge in [0.05, 0.1) is 0 Å². The van der Waals surface area contributed by atoms with Crippen molar-refractivity contribution in [3.63, 3.8) is 0 Å². The standard InChI is InChI=1S/C10H14N2O2/c1-4-10(2,14-3)9-11-6-5-8(7-13)12-9/h5-7H,4H2,1-3H3. The fraction of sp³-hybridized carbons (Fsp3) is 0.500. The minimum Gasteiger partial charge on any atom is -0.371 e. The molecule has 1 aromatic rings. The fourth-order valence-corrected chi connectivity index (χ4v) is 1.09. The molecular weight excluding hydrogens is 180 g/mol. The molecule has 1 unspecified atom stereocenters. The monoisotopic (exact) mass is 194 g/mol. The molecule has 0 spiro atoms. The molecule has 0 bridgehead atoms. The van der Waals surface area contributed by atoms with Gasteiger partial charge in [0.2, 0.25) is 0 Å². The third kappa shape index (κ3) is 1.96. The Kier molecular flexibility index (Phi) is 3.30. The Labute approximate surface area is 83.3 Å². The van der Waals surface area contributed by atoms with Gasteiger partial charge in [-0.05, 0) is 19.4 Å². The maximum Gasteiger partial charge on any atom is 0.168 e. The summed E-state index contributed by atoms with van der Waals surface area (Å²) in [7, 11) is 1.61. The smallest absolute Gasteiger partial charge is 0.168 e. The highest BCUT2D eigenvalue weighted by molar-refractivity contribution is 5.71. The molecule has 76 valence electrons. The highest BCUT2D eigenvalue weighted by Gasteiger charge is 2.27. The summed E-state index contributed by atoms with van der Waals surface area (Å²) in [5, 5.41) is 0. The molecule has 1 rings (SSSR count). The Morgan fingerprint density at radius 2 is 2.36 bits per heavy atom. The third-order valence-corrected chi connectivity index (χ3v) is 2.40. The van der Waals surface area contributed by atoms with Gasteiger partial charge in [0, 0.05) is 13.3 Å². The second kappa shape index (κ2) is 4.28. The van der Waals surface area contributed by atoms with Crippen molar-refractivity contribution in [2.45, 2.75) is 25.9 Å². The van der Waals surface area contributed by atoms with E-state index < -0.39 is 5.60 Å². The topological polar surface area (TPSA) is 52.1 Å². The number of aromatic nitrogens is 2. The van der Waals surface area contributed by atoms with Gasteiger partial charge in [-0.2, -0.15) is 0 Å². The first-order valence-electron chi connectivity index (χ1n) is 4.50. The fourth-order valence-electron chi connectivity index (χ4n) is 1.09. The predicted molar refractivity (Wildman–Crippen MR) is 52.1 cm³/mol. The second-order valence-corrected chi connectivity index (χ2v) is 3.21. The molecule has 1 atom stereocenters. The third-order valence-electron chi connectivity index (χ3n) is 2.40. The molecule has 0 aliphatic heterocycles. The molecule has 0 saturated carbocycles. The molecule has 4 nitrogen and oxygen atoms in total. The normalized spacial score (nSPS) is 14.8. The predicted octanol–water partition coefficient (Wildman–Crippen LogP) is 1.56. The number of hydrogen-bond donors (Lipinski definition) is 0. The Balaban J connectivity index is 3.10. The number of hydrogen-bond acceptors (Lipinski definition) is 4. The molecule has 0 aliphatic carbocycles. The van der Waals surface area contributed by atoms with Crippen LogP contribution in [0.5, 0.6) is 0 Å². The summed E-state index contributed by atoms with van der Waals surface area (Å²) in [5.41, 5.74) is -0.134. The van der Waals surface area contributed by atoms with Crippen LogP contribution in [0.15, 0.2) is 12.3 Å². The van der Waals surface area contributed by atoms with E-state index in [2.05, 4.69) is 9.97 Å². The van der Waals surface area contributed by atoms with Gasteiger partial charge in [-0.25, -0.2) is 9.97 Å². The zero-order valence-corrected chi connectivity index (χ0v) is 8.65. The van der Waals surface area contributed by atoms with Crippen molar-refractivity contribution in [3.8, 4) is 0 Å². The molecular formula is C10H14N2O2. The summed E-state index contributed by atoms with van der Waals surface area (Å²) in [5.74, 6) is 0.548. The largest absolute Gasteiger partial charge is 0.371 e. The number of methoxy groups -OCH3 is 1. The van der Waals surface area contributed by atoms with Gasteiger partial charge in [0.1, 0.15) is 11.3 Å². The van der Waals surface area contributed by atoms with Gasteiger partial charge in [0.25, 0.3) is 0 Å². The van der Waals surface area contributed by atoms with Gasteiger partial charge < -0.3 is 4.74 Å². The van der Waals surface area contributed by atoms with Crippen LogP contribution in [0.4, 0.5) is 0 Å². The van der Waals surface area contributed by atoms with E-state index >= 15 is 0 Å². The Bertz CT molecular complexity index is 322. The van der Waals surface area contributed by atoms with Crippen molar-refractivity contribution in [2.24, 2.45) is 0 Å². The molecule has 0 aliphatic rings. The maximum atomic E-state index is 10.5. The molecule has 1 aromatic heterocycles. The zero-order valence-electron chi connectivity index (χ0n) is 8.65. The summed E-state index contributed by atoms with van der Waals surface area (Å²) in [6, 6.07) is 1.57. The number of carbonyl (C=O) groups is 1. The number of nitrogens with zero attached hydrogens (tertiary/aromatic N) is 2. The van der Waals surface area contributed by atoms with Crippen LogP contribution in [0.1, 0.15) is 36.6 Å². The van der Waals surface area contributed by atoms with Crippen molar-refractivity contribution in [2.75, 3.05) is 7.11 Å². The summed E-state index contributed by atoms with van der Waals surface area (Å²) in [6.07, 6.45) is 3.03. The Morgan fingerprint density at radius 3 is 2.86 bits per heavy atom. The minimum atomic E-state index is -0.515. The maximum absolute atomic E-state index is 10.5. The van der Waals surface area contributed by atoms with Crippen LogP contribution in [0.2, 0.25) is 0 Å². The molecule has 0 radical (unpaired) electrons. The summed E-state index contributed by atoms with van der Waals surface area (Å²) in [6.45, 7) is 3.89. The first-order valence-corrected chi connectivity index (χ1v) is 4.50. The van der Waals surface area contributed by atoms with Crippen LogP contribution in [0, 0.1) is 0 Å². The number of aldehydes is 1. The molecule has 0 fully saturated rings. The molecule has 0 N–H and O–H groups in total. The lowest BCUT2D eigenvalue weighted by Gasteiger charge is -2.24. The SMILES string of the molecule is CCC(C)(OC)c1nccc(C=O)n1. The summed E-state index contributed by atoms with van der Waals surface area (Å²) in [4.78, 5) is 18.7. The lowest BCUT2D eigenvalue weighted by atomic mass is 10.0. The van der Waals surface area contributed by atoms with E-state index in [0.717, 1.165) is 6.42 Å². The van der Waals surface area contributed by atoms with E-state index in [9.17, 15) is 4.79 Å². The van der Waals surface area contributed by atoms with Crippen LogP contribution in [-0.2, 0) is 10.3 Å². The molecule has 4 heteroatoms. The molecule has 0 saturated heterocycles. The van der Waals surface area contributed by atoms with Crippen LogP contribution in [0.3, 0.4) is 0 Å². The van der Waals surface area contributed by atoms with Crippen molar-refractivity contribution in [3.05, 3.63) is 23.8 Å². The average molecular weight is 194 g/mol. The minimum absolute atomic E-state index is 0.381. The lowest BCUT2D eigenvalue weighted by molar-refractivity contribution is -0.00907. The van der Waals surface area contributed by atoms with Crippen LogP contribution in [0.25, 0.3) is 0 Å². The first-order chi connectivity index (χ1) is 6.66. The molecule has 14 heavy (non-hydrogen) atoms. The summed E-state index contributed by atoms with van der Waals surface area (Å²) < 4.78 is 5.33. The van der Waals surface area contributed by atoms with Crippen LogP contribution in [-0.4, -0.2) is 23.4 Å². The van der Waals surface area contributed by atoms with E-state index in [1.807, 2.05) is 13.8 Å². The molecule has 0 aromatic carbocycles.